The minimum absolute atomic E-state index is 0. The van der Waals surface area contributed by atoms with Crippen molar-refractivity contribution in [2.75, 3.05) is 0 Å². The zero-order chi connectivity index (χ0) is 28.5. The van der Waals surface area contributed by atoms with Gasteiger partial charge in [-0.15, -0.1) is 0 Å². The summed E-state index contributed by atoms with van der Waals surface area (Å²) in [5, 5.41) is 0. The third kappa shape index (κ3) is 41.1. The number of hydrogen-bond donors (Lipinski definition) is 0. The van der Waals surface area contributed by atoms with Gasteiger partial charge in [0.15, 0.2) is 0 Å². The number of carbonyl (C=O) groups is 2. The number of carbonyl (C=O) groups excluding carboxylic acids is 2. The van der Waals surface area contributed by atoms with Crippen molar-refractivity contribution >= 4 is 71.1 Å². The second kappa shape index (κ2) is 41.1. The van der Waals surface area contributed by atoms with Gasteiger partial charge in [-0.25, -0.2) is 0 Å². The molecular formula is C36H72Na2O3. The predicted molar refractivity (Wildman–Crippen MR) is 184 cm³/mol. The standard InChI is InChI=1S/C36H70O3.2Na.2H/c1-3-5-7-9-11-13-15-17-19-21-23-25-27-29-31-33-35(37)39-36(38)34-32-30-28-26-24-22-20-18-16-14-12-10-8-6-4-2;;;;/h3-34H2,1-2H3;;;;. The third-order valence-electron chi connectivity index (χ3n) is 8.20. The number of esters is 2. The summed E-state index contributed by atoms with van der Waals surface area (Å²) in [5.74, 6) is -0.647. The van der Waals surface area contributed by atoms with Crippen molar-refractivity contribution in [3.05, 3.63) is 0 Å². The van der Waals surface area contributed by atoms with Gasteiger partial charge in [0, 0.05) is 12.8 Å². The molecular weight excluding hydrogens is 526 g/mol. The third-order valence-corrected chi connectivity index (χ3v) is 8.20. The Kier molecular flexibility index (Phi) is 46.7. The van der Waals surface area contributed by atoms with E-state index < -0.39 is 0 Å². The summed E-state index contributed by atoms with van der Waals surface area (Å²) in [6.07, 6.45) is 40.1. The van der Waals surface area contributed by atoms with Crippen molar-refractivity contribution in [3.63, 3.8) is 0 Å². The Morgan fingerprint density at radius 1 is 0.317 bits per heavy atom. The molecule has 41 heavy (non-hydrogen) atoms. The van der Waals surface area contributed by atoms with Crippen LogP contribution in [0.25, 0.3) is 0 Å². The Morgan fingerprint density at radius 2 is 0.488 bits per heavy atom. The van der Waals surface area contributed by atoms with Gasteiger partial charge in [-0.05, 0) is 12.8 Å². The van der Waals surface area contributed by atoms with E-state index in [4.69, 9.17) is 4.74 Å². The molecule has 0 aromatic carbocycles. The number of hydrogen-bond acceptors (Lipinski definition) is 3. The van der Waals surface area contributed by atoms with Gasteiger partial charge in [-0.2, -0.15) is 0 Å². The van der Waals surface area contributed by atoms with Crippen molar-refractivity contribution in [1.29, 1.82) is 0 Å². The Bertz CT molecular complexity index is 469. The van der Waals surface area contributed by atoms with Gasteiger partial charge in [0.05, 0.1) is 0 Å². The Balaban J connectivity index is -0.00000722. The fraction of sp³-hybridized carbons (Fsp3) is 0.944. The molecule has 0 fully saturated rings. The summed E-state index contributed by atoms with van der Waals surface area (Å²) in [6, 6.07) is 0. The van der Waals surface area contributed by atoms with E-state index in [1.54, 1.807) is 0 Å². The van der Waals surface area contributed by atoms with Crippen LogP contribution in [0.1, 0.15) is 219 Å². The molecule has 0 aliphatic rings. The Morgan fingerprint density at radius 3 is 0.683 bits per heavy atom. The number of ether oxygens (including phenoxy) is 1. The molecule has 0 aromatic rings. The molecule has 0 saturated carbocycles. The fourth-order valence-corrected chi connectivity index (χ4v) is 5.51. The monoisotopic (exact) mass is 599 g/mol. The molecule has 0 bridgehead atoms. The zero-order valence-electron chi connectivity index (χ0n) is 26.9. The summed E-state index contributed by atoms with van der Waals surface area (Å²) in [7, 11) is 0. The van der Waals surface area contributed by atoms with E-state index in [0.717, 1.165) is 25.7 Å². The molecule has 0 aliphatic heterocycles. The van der Waals surface area contributed by atoms with Crippen LogP contribution >= 0.6 is 0 Å². The van der Waals surface area contributed by atoms with Gasteiger partial charge in [0.25, 0.3) is 0 Å². The van der Waals surface area contributed by atoms with Crippen molar-refractivity contribution in [3.8, 4) is 0 Å². The molecule has 0 amide bonds. The molecule has 0 radical (unpaired) electrons. The molecule has 0 heterocycles. The van der Waals surface area contributed by atoms with Crippen LogP contribution in [0.4, 0.5) is 0 Å². The van der Waals surface area contributed by atoms with Gasteiger partial charge in [-0.1, -0.05) is 194 Å². The van der Waals surface area contributed by atoms with E-state index in [1.807, 2.05) is 0 Å². The summed E-state index contributed by atoms with van der Waals surface area (Å²) in [4.78, 5) is 23.8. The molecule has 0 aliphatic carbocycles. The molecule has 0 spiro atoms. The summed E-state index contributed by atoms with van der Waals surface area (Å²) >= 11 is 0. The average Bonchev–Trinajstić information content (AvgIpc) is 2.93. The maximum atomic E-state index is 11.9. The van der Waals surface area contributed by atoms with E-state index in [-0.39, 0.29) is 71.1 Å². The molecule has 0 saturated heterocycles. The normalized spacial score (nSPS) is 10.7. The van der Waals surface area contributed by atoms with Gasteiger partial charge < -0.3 is 4.74 Å². The van der Waals surface area contributed by atoms with Crippen molar-refractivity contribution in [2.24, 2.45) is 0 Å². The molecule has 0 atom stereocenters. The van der Waals surface area contributed by atoms with E-state index in [1.165, 1.54) is 167 Å². The van der Waals surface area contributed by atoms with E-state index >= 15 is 0 Å². The second-order valence-corrected chi connectivity index (χ2v) is 12.2. The van der Waals surface area contributed by atoms with Crippen LogP contribution in [0.15, 0.2) is 0 Å². The van der Waals surface area contributed by atoms with Crippen LogP contribution in [0.3, 0.4) is 0 Å². The van der Waals surface area contributed by atoms with Crippen molar-refractivity contribution < 1.29 is 14.3 Å². The van der Waals surface area contributed by atoms with Crippen LogP contribution in [-0.2, 0) is 14.3 Å². The molecule has 5 heteroatoms. The Labute approximate surface area is 302 Å². The van der Waals surface area contributed by atoms with Gasteiger partial charge in [0.1, 0.15) is 0 Å². The van der Waals surface area contributed by atoms with Gasteiger partial charge in [0.2, 0.25) is 0 Å². The molecule has 0 rings (SSSR count). The van der Waals surface area contributed by atoms with Gasteiger partial charge in [-0.3, -0.25) is 9.59 Å². The number of unbranched alkanes of at least 4 members (excludes halogenated alkanes) is 28. The van der Waals surface area contributed by atoms with Crippen LogP contribution in [0.5, 0.6) is 0 Å². The second-order valence-electron chi connectivity index (χ2n) is 12.2. The minimum atomic E-state index is -0.323. The zero-order valence-corrected chi connectivity index (χ0v) is 26.9. The fourth-order valence-electron chi connectivity index (χ4n) is 5.51. The molecule has 0 N–H and O–H groups in total. The van der Waals surface area contributed by atoms with E-state index in [2.05, 4.69) is 13.8 Å². The van der Waals surface area contributed by atoms with Crippen LogP contribution in [-0.4, -0.2) is 71.1 Å². The number of rotatable bonds is 32. The first-order valence-electron chi connectivity index (χ1n) is 17.9. The topological polar surface area (TPSA) is 43.4 Å². The first-order valence-corrected chi connectivity index (χ1v) is 17.9. The molecule has 0 unspecified atom stereocenters. The van der Waals surface area contributed by atoms with E-state index in [9.17, 15) is 9.59 Å². The van der Waals surface area contributed by atoms with Crippen molar-refractivity contribution in [1.82, 2.24) is 0 Å². The van der Waals surface area contributed by atoms with Gasteiger partial charge >= 0.3 is 71.1 Å². The van der Waals surface area contributed by atoms with Crippen LogP contribution in [0, 0.1) is 0 Å². The van der Waals surface area contributed by atoms with E-state index in [0.29, 0.717) is 12.8 Å². The van der Waals surface area contributed by atoms with Crippen LogP contribution < -0.4 is 0 Å². The summed E-state index contributed by atoms with van der Waals surface area (Å²) < 4.78 is 5.01. The van der Waals surface area contributed by atoms with Crippen LogP contribution in [0.2, 0.25) is 0 Å². The molecule has 0 aromatic heterocycles. The molecule has 236 valence electrons. The quantitative estimate of drug-likeness (QED) is 0.0335. The average molecular weight is 599 g/mol. The maximum absolute atomic E-state index is 11.9. The summed E-state index contributed by atoms with van der Waals surface area (Å²) in [5.41, 5.74) is 0. The Hall–Kier alpha value is 1.14. The summed E-state index contributed by atoms with van der Waals surface area (Å²) in [6.45, 7) is 4.55. The SMILES string of the molecule is CCCCCCCCCCCCCCCCCC(=O)OC(=O)CCCCCCCCCCCCCCCCC.[NaH].[NaH]. The van der Waals surface area contributed by atoms with Crippen molar-refractivity contribution in [2.45, 2.75) is 219 Å². The first-order chi connectivity index (χ1) is 19.2. The first kappa shape index (κ1) is 46.6. The molecule has 3 nitrogen and oxygen atoms in total. The predicted octanol–water partition coefficient (Wildman–Crippen LogP) is 11.3.